The Kier molecular flexibility index (Phi) is 3.67. The minimum Gasteiger partial charge on any atom is -0.358 e. The molecule has 0 bridgehead atoms. The van der Waals surface area contributed by atoms with E-state index in [1.807, 2.05) is 44.2 Å². The Labute approximate surface area is 129 Å². The molecule has 22 heavy (non-hydrogen) atoms. The molecule has 2 N–H and O–H groups in total. The number of aryl methyl sites for hydroxylation is 3. The fraction of sp³-hybridized carbons (Fsp3) is 0.222. The van der Waals surface area contributed by atoms with Crippen LogP contribution in [0.2, 0.25) is 0 Å². The summed E-state index contributed by atoms with van der Waals surface area (Å²) in [6, 6.07) is 9.63. The molecule has 1 amide bonds. The van der Waals surface area contributed by atoms with Crippen molar-refractivity contribution < 1.29 is 4.79 Å². The standard InChI is InChI=1S/C18H19N3O/c1-11-5-4-8-19-17(11)10-20-18(22)14-6-7-16-15(9-14)12(2)13(3)21-16/h4-9,21H,10H2,1-3H3,(H,20,22). The first kappa shape index (κ1) is 14.3. The van der Waals surface area contributed by atoms with Crippen molar-refractivity contribution in [1.29, 1.82) is 0 Å². The van der Waals surface area contributed by atoms with Crippen molar-refractivity contribution in [1.82, 2.24) is 15.3 Å². The van der Waals surface area contributed by atoms with E-state index in [1.54, 1.807) is 6.20 Å². The lowest BCUT2D eigenvalue weighted by Gasteiger charge is -2.07. The minimum atomic E-state index is -0.0785. The third-order valence-corrected chi connectivity index (χ3v) is 4.10. The van der Waals surface area contributed by atoms with Crippen molar-refractivity contribution in [2.75, 3.05) is 0 Å². The highest BCUT2D eigenvalue weighted by Gasteiger charge is 2.10. The lowest BCUT2D eigenvalue weighted by Crippen LogP contribution is -2.23. The lowest BCUT2D eigenvalue weighted by molar-refractivity contribution is 0.0950. The zero-order valence-electron chi connectivity index (χ0n) is 13.0. The molecule has 2 aromatic heterocycles. The Bertz CT molecular complexity index is 849. The van der Waals surface area contributed by atoms with Crippen LogP contribution in [0, 0.1) is 20.8 Å². The second kappa shape index (κ2) is 5.64. The molecule has 1 aromatic carbocycles. The van der Waals surface area contributed by atoms with Gasteiger partial charge in [-0.3, -0.25) is 9.78 Å². The van der Waals surface area contributed by atoms with E-state index in [2.05, 4.69) is 22.2 Å². The number of hydrogen-bond acceptors (Lipinski definition) is 2. The maximum absolute atomic E-state index is 12.3. The monoisotopic (exact) mass is 293 g/mol. The number of carbonyl (C=O) groups is 1. The van der Waals surface area contributed by atoms with Crippen LogP contribution in [0.1, 0.15) is 32.9 Å². The number of hydrogen-bond donors (Lipinski definition) is 2. The van der Waals surface area contributed by atoms with Crippen LogP contribution in [-0.4, -0.2) is 15.9 Å². The smallest absolute Gasteiger partial charge is 0.251 e. The van der Waals surface area contributed by atoms with Crippen LogP contribution in [0.5, 0.6) is 0 Å². The van der Waals surface area contributed by atoms with Gasteiger partial charge in [0.1, 0.15) is 0 Å². The quantitative estimate of drug-likeness (QED) is 0.777. The van der Waals surface area contributed by atoms with Crippen LogP contribution >= 0.6 is 0 Å². The Hall–Kier alpha value is -2.62. The normalized spacial score (nSPS) is 10.9. The third-order valence-electron chi connectivity index (χ3n) is 4.10. The average Bonchev–Trinajstić information content (AvgIpc) is 2.81. The first-order valence-electron chi connectivity index (χ1n) is 7.34. The summed E-state index contributed by atoms with van der Waals surface area (Å²) in [5.74, 6) is -0.0785. The van der Waals surface area contributed by atoms with Gasteiger partial charge in [-0.2, -0.15) is 0 Å². The zero-order chi connectivity index (χ0) is 15.7. The molecule has 0 radical (unpaired) electrons. The van der Waals surface area contributed by atoms with E-state index in [1.165, 1.54) is 5.56 Å². The number of aromatic nitrogens is 2. The summed E-state index contributed by atoms with van der Waals surface area (Å²) < 4.78 is 0. The van der Waals surface area contributed by atoms with Gasteiger partial charge in [0.05, 0.1) is 12.2 Å². The van der Waals surface area contributed by atoms with Gasteiger partial charge in [-0.15, -0.1) is 0 Å². The summed E-state index contributed by atoms with van der Waals surface area (Å²) in [5, 5.41) is 4.03. The Morgan fingerprint density at radius 2 is 2.05 bits per heavy atom. The summed E-state index contributed by atoms with van der Waals surface area (Å²) in [6.45, 7) is 6.53. The first-order valence-corrected chi connectivity index (χ1v) is 7.34. The molecule has 0 aliphatic heterocycles. The van der Waals surface area contributed by atoms with Crippen LogP contribution in [-0.2, 0) is 6.54 Å². The molecule has 0 fully saturated rings. The number of nitrogens with one attached hydrogen (secondary N) is 2. The van der Waals surface area contributed by atoms with Crippen molar-refractivity contribution in [2.24, 2.45) is 0 Å². The topological polar surface area (TPSA) is 57.8 Å². The number of H-pyrrole nitrogens is 1. The van der Waals surface area contributed by atoms with E-state index in [4.69, 9.17) is 0 Å². The third kappa shape index (κ3) is 2.60. The number of pyridine rings is 1. The summed E-state index contributed by atoms with van der Waals surface area (Å²) in [6.07, 6.45) is 1.74. The molecule has 112 valence electrons. The predicted molar refractivity (Wildman–Crippen MR) is 87.9 cm³/mol. The van der Waals surface area contributed by atoms with Gasteiger partial charge < -0.3 is 10.3 Å². The highest BCUT2D eigenvalue weighted by molar-refractivity contribution is 5.99. The van der Waals surface area contributed by atoms with Crippen molar-refractivity contribution in [3.05, 3.63) is 64.6 Å². The van der Waals surface area contributed by atoms with E-state index in [0.29, 0.717) is 12.1 Å². The van der Waals surface area contributed by atoms with Gasteiger partial charge in [0.15, 0.2) is 0 Å². The Balaban J connectivity index is 1.80. The SMILES string of the molecule is Cc1cccnc1CNC(=O)c1ccc2[nH]c(C)c(C)c2c1. The van der Waals surface area contributed by atoms with E-state index in [0.717, 1.165) is 27.9 Å². The van der Waals surface area contributed by atoms with Gasteiger partial charge in [0.2, 0.25) is 0 Å². The van der Waals surface area contributed by atoms with Gasteiger partial charge in [0, 0.05) is 28.4 Å². The summed E-state index contributed by atoms with van der Waals surface area (Å²) in [4.78, 5) is 20.0. The highest BCUT2D eigenvalue weighted by Crippen LogP contribution is 2.22. The van der Waals surface area contributed by atoms with Crippen LogP contribution in [0.15, 0.2) is 36.5 Å². The van der Waals surface area contributed by atoms with Gasteiger partial charge in [-0.05, 0) is 56.2 Å². The highest BCUT2D eigenvalue weighted by atomic mass is 16.1. The maximum Gasteiger partial charge on any atom is 0.251 e. The van der Waals surface area contributed by atoms with Gasteiger partial charge in [-0.1, -0.05) is 6.07 Å². The van der Waals surface area contributed by atoms with Crippen LogP contribution < -0.4 is 5.32 Å². The van der Waals surface area contributed by atoms with Crippen molar-refractivity contribution in [3.8, 4) is 0 Å². The van der Waals surface area contributed by atoms with E-state index in [9.17, 15) is 4.79 Å². The molecule has 2 heterocycles. The molecule has 4 nitrogen and oxygen atoms in total. The molecule has 3 aromatic rings. The maximum atomic E-state index is 12.3. The molecule has 3 rings (SSSR count). The average molecular weight is 293 g/mol. The Morgan fingerprint density at radius 1 is 1.23 bits per heavy atom. The molecule has 0 spiro atoms. The van der Waals surface area contributed by atoms with Gasteiger partial charge in [-0.25, -0.2) is 0 Å². The van der Waals surface area contributed by atoms with Crippen LogP contribution in [0.25, 0.3) is 10.9 Å². The number of rotatable bonds is 3. The molecule has 0 atom stereocenters. The van der Waals surface area contributed by atoms with Gasteiger partial charge >= 0.3 is 0 Å². The van der Waals surface area contributed by atoms with Crippen molar-refractivity contribution in [2.45, 2.75) is 27.3 Å². The molecule has 0 saturated carbocycles. The summed E-state index contributed by atoms with van der Waals surface area (Å²) in [5.41, 5.74) is 6.03. The molecule has 0 unspecified atom stereocenters. The molecule has 4 heteroatoms. The van der Waals surface area contributed by atoms with Gasteiger partial charge in [0.25, 0.3) is 5.91 Å². The fourth-order valence-corrected chi connectivity index (χ4v) is 2.57. The second-order valence-electron chi connectivity index (χ2n) is 5.59. The minimum absolute atomic E-state index is 0.0785. The first-order chi connectivity index (χ1) is 10.6. The second-order valence-corrected chi connectivity index (χ2v) is 5.59. The van der Waals surface area contributed by atoms with Crippen molar-refractivity contribution >= 4 is 16.8 Å². The molecular formula is C18H19N3O. The van der Waals surface area contributed by atoms with Crippen LogP contribution in [0.4, 0.5) is 0 Å². The van der Waals surface area contributed by atoms with E-state index in [-0.39, 0.29) is 5.91 Å². The number of nitrogens with zero attached hydrogens (tertiary/aromatic N) is 1. The molecule has 0 aliphatic rings. The number of aromatic amines is 1. The van der Waals surface area contributed by atoms with E-state index >= 15 is 0 Å². The van der Waals surface area contributed by atoms with Crippen LogP contribution in [0.3, 0.4) is 0 Å². The summed E-state index contributed by atoms with van der Waals surface area (Å²) >= 11 is 0. The number of benzene rings is 1. The predicted octanol–water partition coefficient (Wildman–Crippen LogP) is 3.42. The number of carbonyl (C=O) groups excluding carboxylic acids is 1. The summed E-state index contributed by atoms with van der Waals surface area (Å²) in [7, 11) is 0. The van der Waals surface area contributed by atoms with E-state index < -0.39 is 0 Å². The number of fused-ring (bicyclic) bond motifs is 1. The Morgan fingerprint density at radius 3 is 2.82 bits per heavy atom. The molecular weight excluding hydrogens is 274 g/mol. The van der Waals surface area contributed by atoms with Crippen molar-refractivity contribution in [3.63, 3.8) is 0 Å². The fourth-order valence-electron chi connectivity index (χ4n) is 2.57. The molecule has 0 aliphatic carbocycles. The largest absolute Gasteiger partial charge is 0.358 e. The zero-order valence-corrected chi connectivity index (χ0v) is 13.0. The number of amides is 1. The molecule has 0 saturated heterocycles. The lowest BCUT2D eigenvalue weighted by atomic mass is 10.1.